The van der Waals surface area contributed by atoms with Crippen molar-refractivity contribution in [2.45, 2.75) is 30.3 Å². The van der Waals surface area contributed by atoms with Crippen molar-refractivity contribution in [2.75, 3.05) is 18.2 Å². The zero-order valence-corrected chi connectivity index (χ0v) is 14.4. The molecule has 0 fully saturated rings. The first-order valence-corrected chi connectivity index (χ1v) is 9.27. The summed E-state index contributed by atoms with van der Waals surface area (Å²) in [5, 5.41) is 13.0. The van der Waals surface area contributed by atoms with E-state index in [2.05, 4.69) is 5.32 Å². The third-order valence-corrected chi connectivity index (χ3v) is 4.97. The van der Waals surface area contributed by atoms with Crippen molar-refractivity contribution in [3.8, 4) is 5.75 Å². The predicted molar refractivity (Wildman–Crippen MR) is 96.7 cm³/mol. The number of nitrogens with one attached hydrogen (secondary N) is 1. The molecule has 0 saturated carbocycles. The van der Waals surface area contributed by atoms with E-state index in [0.29, 0.717) is 5.75 Å². The molecule has 0 aromatic heterocycles. The number of ether oxygens (including phenoxy) is 1. The Labute approximate surface area is 146 Å². The molecule has 0 bridgehead atoms. The van der Waals surface area contributed by atoms with Gasteiger partial charge in [0, 0.05) is 4.90 Å². The zero-order valence-electron chi connectivity index (χ0n) is 13.6. The smallest absolute Gasteiger partial charge is 0.262 e. The Kier molecular flexibility index (Phi) is 5.43. The van der Waals surface area contributed by atoms with E-state index in [0.717, 1.165) is 41.0 Å². The van der Waals surface area contributed by atoms with Gasteiger partial charge in [-0.25, -0.2) is 0 Å². The summed E-state index contributed by atoms with van der Waals surface area (Å²) in [6.45, 7) is -0.0464. The Morgan fingerprint density at radius 2 is 2.12 bits per heavy atom. The van der Waals surface area contributed by atoms with Crippen LogP contribution >= 0.6 is 11.8 Å². The van der Waals surface area contributed by atoms with E-state index in [9.17, 15) is 9.90 Å². The first-order valence-electron chi connectivity index (χ1n) is 8.04. The molecular weight excluding hydrogens is 322 g/mol. The van der Waals surface area contributed by atoms with Gasteiger partial charge in [0.15, 0.2) is 6.61 Å². The molecule has 1 atom stereocenters. The molecule has 0 radical (unpaired) electrons. The molecule has 2 aromatic carbocycles. The van der Waals surface area contributed by atoms with Gasteiger partial charge in [-0.1, -0.05) is 24.3 Å². The van der Waals surface area contributed by atoms with Crippen LogP contribution in [0.1, 0.15) is 30.1 Å². The van der Waals surface area contributed by atoms with Crippen LogP contribution in [0.3, 0.4) is 0 Å². The number of aliphatic hydroxyl groups is 1. The summed E-state index contributed by atoms with van der Waals surface area (Å²) >= 11 is 1.59. The molecule has 1 amide bonds. The molecule has 126 valence electrons. The first kappa shape index (κ1) is 16.9. The van der Waals surface area contributed by atoms with Gasteiger partial charge in [0.2, 0.25) is 0 Å². The maximum absolute atomic E-state index is 12.2. The van der Waals surface area contributed by atoms with E-state index in [1.165, 1.54) is 0 Å². The van der Waals surface area contributed by atoms with Gasteiger partial charge in [0.25, 0.3) is 5.91 Å². The normalized spacial score (nSPS) is 16.3. The predicted octanol–water partition coefficient (Wildman–Crippen LogP) is 3.80. The number of carbonyl (C=O) groups is 1. The minimum Gasteiger partial charge on any atom is -0.483 e. The van der Waals surface area contributed by atoms with E-state index in [4.69, 9.17) is 4.74 Å². The summed E-state index contributed by atoms with van der Waals surface area (Å²) in [6, 6.07) is 13.3. The van der Waals surface area contributed by atoms with Gasteiger partial charge >= 0.3 is 0 Å². The fourth-order valence-electron chi connectivity index (χ4n) is 3.00. The molecule has 5 heteroatoms. The summed E-state index contributed by atoms with van der Waals surface area (Å²) in [4.78, 5) is 13.2. The molecule has 1 aliphatic rings. The average Bonchev–Trinajstić information content (AvgIpc) is 2.61. The second-order valence-corrected chi connectivity index (χ2v) is 6.62. The highest BCUT2D eigenvalue weighted by molar-refractivity contribution is 7.98. The SMILES string of the molecule is CSc1ccccc1NC(=O)COc1cccc2c1CCC[C@@H]2O. The van der Waals surface area contributed by atoms with E-state index in [1.54, 1.807) is 11.8 Å². The van der Waals surface area contributed by atoms with Gasteiger partial charge in [0.1, 0.15) is 5.75 Å². The minimum atomic E-state index is -0.431. The molecule has 1 aliphatic carbocycles. The number of benzene rings is 2. The Morgan fingerprint density at radius 1 is 1.29 bits per heavy atom. The molecule has 2 N–H and O–H groups in total. The van der Waals surface area contributed by atoms with Crippen LogP contribution in [-0.2, 0) is 11.2 Å². The van der Waals surface area contributed by atoms with Gasteiger partial charge < -0.3 is 15.2 Å². The quantitative estimate of drug-likeness (QED) is 0.811. The van der Waals surface area contributed by atoms with Crippen molar-refractivity contribution < 1.29 is 14.6 Å². The number of rotatable bonds is 5. The number of thioether (sulfide) groups is 1. The maximum Gasteiger partial charge on any atom is 0.262 e. The van der Waals surface area contributed by atoms with Crippen molar-refractivity contribution >= 4 is 23.4 Å². The number of fused-ring (bicyclic) bond motifs is 1. The lowest BCUT2D eigenvalue weighted by Gasteiger charge is -2.23. The van der Waals surface area contributed by atoms with Crippen molar-refractivity contribution in [1.82, 2.24) is 0 Å². The zero-order chi connectivity index (χ0) is 16.9. The van der Waals surface area contributed by atoms with Gasteiger partial charge in [-0.2, -0.15) is 0 Å². The number of carbonyl (C=O) groups excluding carboxylic acids is 1. The number of para-hydroxylation sites is 1. The first-order chi connectivity index (χ1) is 11.7. The monoisotopic (exact) mass is 343 g/mol. The largest absolute Gasteiger partial charge is 0.483 e. The summed E-state index contributed by atoms with van der Waals surface area (Å²) in [5.74, 6) is 0.505. The number of aliphatic hydroxyl groups excluding tert-OH is 1. The molecular formula is C19H21NO3S. The summed E-state index contributed by atoms with van der Waals surface area (Å²) in [5.41, 5.74) is 2.74. The lowest BCUT2D eigenvalue weighted by atomic mass is 9.89. The summed E-state index contributed by atoms with van der Waals surface area (Å²) in [6.07, 6.45) is 4.13. The van der Waals surface area contributed by atoms with Crippen LogP contribution in [0.2, 0.25) is 0 Å². The lowest BCUT2D eigenvalue weighted by molar-refractivity contribution is -0.118. The van der Waals surface area contributed by atoms with E-state index in [1.807, 2.05) is 48.7 Å². The Hall–Kier alpha value is -1.98. The minimum absolute atomic E-state index is 0.0464. The highest BCUT2D eigenvalue weighted by Gasteiger charge is 2.21. The third-order valence-electron chi connectivity index (χ3n) is 4.17. The molecule has 0 aliphatic heterocycles. The molecule has 0 spiro atoms. The Balaban J connectivity index is 1.66. The molecule has 0 heterocycles. The highest BCUT2D eigenvalue weighted by Crippen LogP contribution is 2.35. The second-order valence-electron chi connectivity index (χ2n) is 5.77. The van der Waals surface area contributed by atoms with Crippen molar-refractivity contribution in [3.05, 3.63) is 53.6 Å². The molecule has 4 nitrogen and oxygen atoms in total. The van der Waals surface area contributed by atoms with Crippen LogP contribution in [0.4, 0.5) is 5.69 Å². The Bertz CT molecular complexity index is 732. The standard InChI is InChI=1S/C19H21NO3S/c1-24-18-11-3-2-8-15(18)20-19(22)12-23-17-10-5-6-13-14(17)7-4-9-16(13)21/h2-3,5-6,8,10-11,16,21H,4,7,9,12H2,1H3,(H,20,22)/t16-/m0/s1. The fraction of sp³-hybridized carbons (Fsp3) is 0.316. The van der Waals surface area contributed by atoms with Crippen LogP contribution in [-0.4, -0.2) is 23.9 Å². The average molecular weight is 343 g/mol. The molecule has 24 heavy (non-hydrogen) atoms. The van der Waals surface area contributed by atoms with Crippen LogP contribution in [0.15, 0.2) is 47.4 Å². The summed E-state index contributed by atoms with van der Waals surface area (Å²) < 4.78 is 5.73. The van der Waals surface area contributed by atoms with E-state index < -0.39 is 6.10 Å². The van der Waals surface area contributed by atoms with Crippen molar-refractivity contribution in [2.24, 2.45) is 0 Å². The summed E-state index contributed by atoms with van der Waals surface area (Å²) in [7, 11) is 0. The fourth-order valence-corrected chi connectivity index (χ4v) is 3.56. The van der Waals surface area contributed by atoms with Crippen molar-refractivity contribution in [1.29, 1.82) is 0 Å². The number of amides is 1. The lowest BCUT2D eigenvalue weighted by Crippen LogP contribution is -2.21. The van der Waals surface area contributed by atoms with Crippen LogP contribution in [0.25, 0.3) is 0 Å². The van der Waals surface area contributed by atoms with Crippen LogP contribution in [0.5, 0.6) is 5.75 Å². The van der Waals surface area contributed by atoms with E-state index in [-0.39, 0.29) is 12.5 Å². The van der Waals surface area contributed by atoms with Crippen LogP contribution in [0, 0.1) is 0 Å². The van der Waals surface area contributed by atoms with Crippen LogP contribution < -0.4 is 10.1 Å². The molecule has 2 aromatic rings. The van der Waals surface area contributed by atoms with E-state index >= 15 is 0 Å². The van der Waals surface area contributed by atoms with Gasteiger partial charge in [0.05, 0.1) is 11.8 Å². The number of hydrogen-bond donors (Lipinski definition) is 2. The topological polar surface area (TPSA) is 58.6 Å². The second kappa shape index (κ2) is 7.73. The molecule has 3 rings (SSSR count). The number of anilines is 1. The number of hydrogen-bond acceptors (Lipinski definition) is 4. The van der Waals surface area contributed by atoms with Gasteiger partial charge in [-0.3, -0.25) is 4.79 Å². The maximum atomic E-state index is 12.2. The highest BCUT2D eigenvalue weighted by atomic mass is 32.2. The van der Waals surface area contributed by atoms with Gasteiger partial charge in [-0.15, -0.1) is 11.8 Å². The third kappa shape index (κ3) is 3.74. The molecule has 0 saturated heterocycles. The van der Waals surface area contributed by atoms with Crippen molar-refractivity contribution in [3.63, 3.8) is 0 Å². The molecule has 0 unspecified atom stereocenters. The Morgan fingerprint density at radius 3 is 2.96 bits per heavy atom. The van der Waals surface area contributed by atoms with Gasteiger partial charge in [-0.05, 0) is 54.8 Å².